The van der Waals surface area contributed by atoms with Gasteiger partial charge in [0.25, 0.3) is 0 Å². The van der Waals surface area contributed by atoms with E-state index in [1.165, 1.54) is 25.1 Å². The van der Waals surface area contributed by atoms with Crippen molar-refractivity contribution in [1.29, 1.82) is 0 Å². The average molecular weight is 233 g/mol. The predicted octanol–water partition coefficient (Wildman–Crippen LogP) is 2.76. The van der Waals surface area contributed by atoms with Crippen LogP contribution in [0.2, 0.25) is 0 Å². The van der Waals surface area contributed by atoms with Crippen molar-refractivity contribution in [2.75, 3.05) is 19.6 Å². The van der Waals surface area contributed by atoms with Gasteiger partial charge >= 0.3 is 0 Å². The lowest BCUT2D eigenvalue weighted by molar-refractivity contribution is 0.148. The highest BCUT2D eigenvalue weighted by Crippen LogP contribution is 2.20. The second-order valence-corrected chi connectivity index (χ2v) is 5.41. The average Bonchev–Trinajstić information content (AvgIpc) is 2.73. The molecule has 0 aromatic heterocycles. The molecule has 0 bridgehead atoms. The first-order valence-corrected chi connectivity index (χ1v) is 6.62. The van der Waals surface area contributed by atoms with E-state index in [1.807, 2.05) is 12.1 Å². The summed E-state index contributed by atoms with van der Waals surface area (Å²) in [5.74, 6) is 0.825. The van der Waals surface area contributed by atoms with Crippen LogP contribution in [0.3, 0.4) is 0 Å². The fourth-order valence-corrected chi connectivity index (χ4v) is 2.49. The van der Waals surface area contributed by atoms with Crippen molar-refractivity contribution in [3.8, 4) is 0 Å². The number of aryl methyl sites for hydroxylation is 1. The van der Waals surface area contributed by atoms with Crippen molar-refractivity contribution in [3.05, 3.63) is 35.4 Å². The van der Waals surface area contributed by atoms with Crippen LogP contribution in [0.4, 0.5) is 0 Å². The van der Waals surface area contributed by atoms with Crippen LogP contribution in [-0.4, -0.2) is 29.6 Å². The summed E-state index contributed by atoms with van der Waals surface area (Å²) in [7, 11) is 0. The van der Waals surface area contributed by atoms with E-state index in [0.717, 1.165) is 24.4 Å². The highest BCUT2D eigenvalue weighted by atomic mass is 16.3. The molecule has 0 aliphatic carbocycles. The fourth-order valence-electron chi connectivity index (χ4n) is 2.49. The highest BCUT2D eigenvalue weighted by molar-refractivity contribution is 5.23. The summed E-state index contributed by atoms with van der Waals surface area (Å²) < 4.78 is 0. The summed E-state index contributed by atoms with van der Waals surface area (Å²) in [6, 6.07) is 8.20. The van der Waals surface area contributed by atoms with Crippen LogP contribution in [0.25, 0.3) is 0 Å². The van der Waals surface area contributed by atoms with E-state index < -0.39 is 0 Å². The van der Waals surface area contributed by atoms with Gasteiger partial charge in [0.2, 0.25) is 0 Å². The normalized spacial score (nSPS) is 22.9. The number of hydrogen-bond acceptors (Lipinski definition) is 2. The van der Waals surface area contributed by atoms with Crippen molar-refractivity contribution < 1.29 is 5.11 Å². The van der Waals surface area contributed by atoms with Gasteiger partial charge in [-0.3, -0.25) is 0 Å². The quantitative estimate of drug-likeness (QED) is 0.864. The summed E-state index contributed by atoms with van der Waals surface area (Å²) >= 11 is 0. The van der Waals surface area contributed by atoms with E-state index in [9.17, 15) is 5.11 Å². The molecule has 1 fully saturated rings. The molecule has 2 atom stereocenters. The standard InChI is InChI=1S/C15H23NO/c1-12-3-5-14(6-4-12)15(17)8-10-16-9-7-13(2)11-16/h3-6,13,15,17H,7-11H2,1-2H3. The maximum atomic E-state index is 10.1. The molecular formula is C15H23NO. The third-order valence-electron chi connectivity index (χ3n) is 3.69. The molecule has 0 saturated carbocycles. The Labute approximate surface area is 104 Å². The molecule has 2 heteroatoms. The minimum Gasteiger partial charge on any atom is -0.388 e. The van der Waals surface area contributed by atoms with Crippen LogP contribution in [0.15, 0.2) is 24.3 Å². The SMILES string of the molecule is Cc1ccc(C(O)CCN2CCC(C)C2)cc1. The molecule has 1 heterocycles. The number of rotatable bonds is 4. The van der Waals surface area contributed by atoms with E-state index in [2.05, 4.69) is 30.9 Å². The molecule has 1 aromatic carbocycles. The minimum atomic E-state index is -0.313. The van der Waals surface area contributed by atoms with Crippen LogP contribution < -0.4 is 0 Å². The van der Waals surface area contributed by atoms with Crippen molar-refractivity contribution in [3.63, 3.8) is 0 Å². The van der Waals surface area contributed by atoms with Crippen LogP contribution in [0.5, 0.6) is 0 Å². The molecule has 1 aliphatic heterocycles. The summed E-state index contributed by atoms with van der Waals surface area (Å²) in [4.78, 5) is 2.46. The Hall–Kier alpha value is -0.860. The first kappa shape index (κ1) is 12.6. The lowest BCUT2D eigenvalue weighted by atomic mass is 10.0. The summed E-state index contributed by atoms with van der Waals surface area (Å²) in [5.41, 5.74) is 2.29. The largest absolute Gasteiger partial charge is 0.388 e. The Morgan fingerprint density at radius 1 is 1.35 bits per heavy atom. The van der Waals surface area contributed by atoms with Gasteiger partial charge in [-0.25, -0.2) is 0 Å². The van der Waals surface area contributed by atoms with Gasteiger partial charge in [-0.05, 0) is 37.8 Å². The third kappa shape index (κ3) is 3.55. The van der Waals surface area contributed by atoms with E-state index in [0.29, 0.717) is 0 Å². The predicted molar refractivity (Wildman–Crippen MR) is 71.0 cm³/mol. The smallest absolute Gasteiger partial charge is 0.0802 e. The minimum absolute atomic E-state index is 0.313. The van der Waals surface area contributed by atoms with E-state index >= 15 is 0 Å². The van der Waals surface area contributed by atoms with Crippen LogP contribution in [-0.2, 0) is 0 Å². The Kier molecular flexibility index (Phi) is 4.19. The van der Waals surface area contributed by atoms with Crippen LogP contribution >= 0.6 is 0 Å². The maximum absolute atomic E-state index is 10.1. The van der Waals surface area contributed by atoms with Gasteiger partial charge < -0.3 is 10.0 Å². The fraction of sp³-hybridized carbons (Fsp3) is 0.600. The molecule has 0 radical (unpaired) electrons. The monoisotopic (exact) mass is 233 g/mol. The zero-order valence-corrected chi connectivity index (χ0v) is 10.9. The second-order valence-electron chi connectivity index (χ2n) is 5.41. The molecule has 2 unspecified atom stereocenters. The highest BCUT2D eigenvalue weighted by Gasteiger charge is 2.19. The Morgan fingerprint density at radius 3 is 2.65 bits per heavy atom. The van der Waals surface area contributed by atoms with E-state index in [-0.39, 0.29) is 6.10 Å². The molecule has 2 rings (SSSR count). The van der Waals surface area contributed by atoms with E-state index in [4.69, 9.17) is 0 Å². The molecule has 1 aromatic rings. The molecule has 1 N–H and O–H groups in total. The molecule has 94 valence electrons. The van der Waals surface area contributed by atoms with Gasteiger partial charge in [-0.15, -0.1) is 0 Å². The number of likely N-dealkylation sites (tertiary alicyclic amines) is 1. The molecule has 1 aliphatic rings. The van der Waals surface area contributed by atoms with E-state index in [1.54, 1.807) is 0 Å². The molecule has 2 nitrogen and oxygen atoms in total. The van der Waals surface area contributed by atoms with Gasteiger partial charge in [0, 0.05) is 13.1 Å². The number of benzene rings is 1. The van der Waals surface area contributed by atoms with Gasteiger partial charge in [-0.2, -0.15) is 0 Å². The second kappa shape index (κ2) is 5.65. The van der Waals surface area contributed by atoms with Gasteiger partial charge in [0.1, 0.15) is 0 Å². The summed E-state index contributed by atoms with van der Waals surface area (Å²) in [5, 5.41) is 10.1. The molecule has 0 amide bonds. The lowest BCUT2D eigenvalue weighted by Gasteiger charge is -2.18. The van der Waals surface area contributed by atoms with Crippen molar-refractivity contribution >= 4 is 0 Å². The van der Waals surface area contributed by atoms with Crippen molar-refractivity contribution in [2.45, 2.75) is 32.8 Å². The van der Waals surface area contributed by atoms with Crippen LogP contribution in [0.1, 0.15) is 37.0 Å². The zero-order chi connectivity index (χ0) is 12.3. The topological polar surface area (TPSA) is 23.5 Å². The first-order chi connectivity index (χ1) is 8.15. The molecular weight excluding hydrogens is 210 g/mol. The Morgan fingerprint density at radius 2 is 2.06 bits per heavy atom. The number of nitrogens with zero attached hydrogens (tertiary/aromatic N) is 1. The Balaban J connectivity index is 1.81. The van der Waals surface area contributed by atoms with Crippen molar-refractivity contribution in [1.82, 2.24) is 4.90 Å². The first-order valence-electron chi connectivity index (χ1n) is 6.62. The lowest BCUT2D eigenvalue weighted by Crippen LogP contribution is -2.23. The number of aliphatic hydroxyl groups excluding tert-OH is 1. The summed E-state index contributed by atoms with van der Waals surface area (Å²) in [6.07, 6.45) is 1.84. The Bertz CT molecular complexity index is 346. The zero-order valence-electron chi connectivity index (χ0n) is 10.9. The van der Waals surface area contributed by atoms with Gasteiger partial charge in [-0.1, -0.05) is 36.8 Å². The third-order valence-corrected chi connectivity index (χ3v) is 3.69. The molecule has 17 heavy (non-hydrogen) atoms. The van der Waals surface area contributed by atoms with Crippen molar-refractivity contribution in [2.24, 2.45) is 5.92 Å². The van der Waals surface area contributed by atoms with Gasteiger partial charge in [0.15, 0.2) is 0 Å². The number of hydrogen-bond donors (Lipinski definition) is 1. The molecule has 1 saturated heterocycles. The number of aliphatic hydroxyl groups is 1. The van der Waals surface area contributed by atoms with Gasteiger partial charge in [0.05, 0.1) is 6.10 Å². The maximum Gasteiger partial charge on any atom is 0.0802 e. The molecule has 0 spiro atoms. The summed E-state index contributed by atoms with van der Waals surface area (Å²) in [6.45, 7) is 7.78. The van der Waals surface area contributed by atoms with Crippen LogP contribution in [0, 0.1) is 12.8 Å².